The quantitative estimate of drug-likeness (QED) is 0.873. The molecule has 1 aliphatic heterocycles. The van der Waals surface area contributed by atoms with E-state index >= 15 is 0 Å². The van der Waals surface area contributed by atoms with E-state index in [4.69, 9.17) is 0 Å². The number of carbonyl (C=O) groups excluding carboxylic acids is 3. The van der Waals surface area contributed by atoms with Gasteiger partial charge in [0.1, 0.15) is 6.54 Å². The molecule has 0 spiro atoms. The normalized spacial score (nSPS) is 14.2. The Kier molecular flexibility index (Phi) is 4.62. The molecule has 0 saturated carbocycles. The minimum Gasteiger partial charge on any atom is -0.355 e. The number of benzene rings is 1. The number of thioether (sulfide) groups is 1. The Balaban J connectivity index is 1.97. The summed E-state index contributed by atoms with van der Waals surface area (Å²) in [6.45, 7) is 0.630. The summed E-state index contributed by atoms with van der Waals surface area (Å²) in [5.41, 5.74) is 1.01. The monoisotopic (exact) mass is 293 g/mol. The molecule has 1 saturated heterocycles. The minimum atomic E-state index is -0.269. The lowest BCUT2D eigenvalue weighted by Gasteiger charge is -2.14. The van der Waals surface area contributed by atoms with Crippen molar-refractivity contribution >= 4 is 34.5 Å². The van der Waals surface area contributed by atoms with Crippen LogP contribution in [-0.4, -0.2) is 47.8 Å². The zero-order chi connectivity index (χ0) is 14.5. The van der Waals surface area contributed by atoms with Gasteiger partial charge in [-0.05, 0) is 18.2 Å². The molecule has 2 N–H and O–H groups in total. The van der Waals surface area contributed by atoms with Crippen LogP contribution in [0.4, 0.5) is 10.5 Å². The number of anilines is 1. The van der Waals surface area contributed by atoms with E-state index in [1.165, 1.54) is 16.7 Å². The fraction of sp³-hybridized carbons (Fsp3) is 0.308. The standard InChI is InChI=1S/C13H15N3O3S/c1-14-12(18)9-3-2-4-10(7-9)15-11(17)8-16-5-6-20-13(16)19/h2-4,7H,5-6,8H2,1H3,(H,14,18)(H,15,17). The van der Waals surface area contributed by atoms with Crippen LogP contribution >= 0.6 is 11.8 Å². The number of carbonyl (C=O) groups is 3. The molecule has 0 radical (unpaired) electrons. The number of nitrogens with one attached hydrogen (secondary N) is 2. The van der Waals surface area contributed by atoms with Crippen molar-refractivity contribution in [2.75, 3.05) is 31.2 Å². The number of amides is 3. The SMILES string of the molecule is CNC(=O)c1cccc(NC(=O)CN2CCSC2=O)c1. The number of rotatable bonds is 4. The highest BCUT2D eigenvalue weighted by Crippen LogP contribution is 2.17. The maximum Gasteiger partial charge on any atom is 0.282 e. The largest absolute Gasteiger partial charge is 0.355 e. The Morgan fingerprint density at radius 1 is 1.40 bits per heavy atom. The van der Waals surface area contributed by atoms with Gasteiger partial charge in [-0.15, -0.1) is 0 Å². The first kappa shape index (κ1) is 14.4. The number of nitrogens with zero attached hydrogens (tertiary/aromatic N) is 1. The van der Waals surface area contributed by atoms with Gasteiger partial charge in [0.05, 0.1) is 0 Å². The average Bonchev–Trinajstić information content (AvgIpc) is 2.83. The van der Waals surface area contributed by atoms with Gasteiger partial charge < -0.3 is 15.5 Å². The van der Waals surface area contributed by atoms with Crippen molar-refractivity contribution in [1.82, 2.24) is 10.2 Å². The molecule has 20 heavy (non-hydrogen) atoms. The third-order valence-electron chi connectivity index (χ3n) is 2.81. The molecule has 3 amide bonds. The van der Waals surface area contributed by atoms with E-state index in [1.807, 2.05) is 0 Å². The van der Waals surface area contributed by atoms with Crippen LogP contribution in [0.2, 0.25) is 0 Å². The van der Waals surface area contributed by atoms with Crippen LogP contribution in [0.3, 0.4) is 0 Å². The molecule has 1 aliphatic rings. The van der Waals surface area contributed by atoms with Crippen LogP contribution < -0.4 is 10.6 Å². The Labute approximate surface area is 120 Å². The van der Waals surface area contributed by atoms with Crippen molar-refractivity contribution in [3.63, 3.8) is 0 Å². The zero-order valence-electron chi connectivity index (χ0n) is 11.0. The van der Waals surface area contributed by atoms with E-state index in [9.17, 15) is 14.4 Å². The summed E-state index contributed by atoms with van der Waals surface area (Å²) in [6, 6.07) is 6.65. The van der Waals surface area contributed by atoms with Crippen LogP contribution in [0, 0.1) is 0 Å². The van der Waals surface area contributed by atoms with Gasteiger partial charge in [0, 0.05) is 30.6 Å². The second-order valence-corrected chi connectivity index (χ2v) is 5.29. The number of hydrogen-bond acceptors (Lipinski definition) is 4. The second-order valence-electron chi connectivity index (χ2n) is 4.24. The molecule has 0 bridgehead atoms. The molecule has 2 rings (SSSR count). The molecule has 106 valence electrons. The van der Waals surface area contributed by atoms with Crippen molar-refractivity contribution in [2.45, 2.75) is 0 Å². The van der Waals surface area contributed by atoms with Crippen molar-refractivity contribution in [1.29, 1.82) is 0 Å². The molecule has 0 aromatic heterocycles. The molecule has 1 heterocycles. The van der Waals surface area contributed by atoms with E-state index in [-0.39, 0.29) is 23.6 Å². The molecule has 0 atom stereocenters. The lowest BCUT2D eigenvalue weighted by Crippen LogP contribution is -2.33. The van der Waals surface area contributed by atoms with Crippen LogP contribution in [0.25, 0.3) is 0 Å². The Morgan fingerprint density at radius 2 is 2.20 bits per heavy atom. The van der Waals surface area contributed by atoms with Crippen molar-refractivity contribution in [3.8, 4) is 0 Å². The fourth-order valence-corrected chi connectivity index (χ4v) is 2.65. The maximum absolute atomic E-state index is 11.8. The van der Waals surface area contributed by atoms with Gasteiger partial charge >= 0.3 is 0 Å². The topological polar surface area (TPSA) is 78.5 Å². The maximum atomic E-state index is 11.8. The van der Waals surface area contributed by atoms with Crippen LogP contribution in [0.5, 0.6) is 0 Å². The molecule has 7 heteroatoms. The van der Waals surface area contributed by atoms with Crippen molar-refractivity contribution in [2.24, 2.45) is 0 Å². The Hall–Kier alpha value is -2.02. The molecular formula is C13H15N3O3S. The summed E-state index contributed by atoms with van der Waals surface area (Å²) in [4.78, 5) is 36.2. The lowest BCUT2D eigenvalue weighted by atomic mass is 10.2. The predicted molar refractivity (Wildman–Crippen MR) is 77.9 cm³/mol. The zero-order valence-corrected chi connectivity index (χ0v) is 11.8. The van der Waals surface area contributed by atoms with Gasteiger partial charge in [-0.25, -0.2) is 0 Å². The molecule has 1 aromatic rings. The first-order valence-electron chi connectivity index (χ1n) is 6.14. The lowest BCUT2D eigenvalue weighted by molar-refractivity contribution is -0.116. The first-order valence-corrected chi connectivity index (χ1v) is 7.12. The summed E-state index contributed by atoms with van der Waals surface area (Å²) in [5.74, 6) is 0.236. The Bertz CT molecular complexity index is 547. The minimum absolute atomic E-state index is 0.0377. The van der Waals surface area contributed by atoms with Gasteiger partial charge in [0.2, 0.25) is 5.91 Å². The fourth-order valence-electron chi connectivity index (χ4n) is 1.83. The van der Waals surface area contributed by atoms with E-state index in [1.54, 1.807) is 31.3 Å². The molecule has 0 unspecified atom stereocenters. The van der Waals surface area contributed by atoms with Gasteiger partial charge in [0.25, 0.3) is 11.1 Å². The predicted octanol–water partition coefficient (Wildman–Crippen LogP) is 1.15. The summed E-state index contributed by atoms with van der Waals surface area (Å²) in [7, 11) is 1.55. The second kappa shape index (κ2) is 6.42. The highest BCUT2D eigenvalue weighted by atomic mass is 32.2. The molecule has 1 fully saturated rings. The Morgan fingerprint density at radius 3 is 2.85 bits per heavy atom. The summed E-state index contributed by atoms with van der Waals surface area (Å²) >= 11 is 1.22. The van der Waals surface area contributed by atoms with Gasteiger partial charge in [0.15, 0.2) is 0 Å². The summed E-state index contributed by atoms with van der Waals surface area (Å²) < 4.78 is 0. The molecule has 6 nitrogen and oxygen atoms in total. The van der Waals surface area contributed by atoms with Crippen molar-refractivity contribution < 1.29 is 14.4 Å². The van der Waals surface area contributed by atoms with Gasteiger partial charge in [-0.3, -0.25) is 14.4 Å². The van der Waals surface area contributed by atoms with Gasteiger partial charge in [-0.1, -0.05) is 17.8 Å². The molecular weight excluding hydrogens is 278 g/mol. The van der Waals surface area contributed by atoms with Gasteiger partial charge in [-0.2, -0.15) is 0 Å². The van der Waals surface area contributed by atoms with E-state index in [0.717, 1.165) is 5.75 Å². The third-order valence-corrected chi connectivity index (χ3v) is 3.71. The van der Waals surface area contributed by atoms with E-state index in [2.05, 4.69) is 10.6 Å². The number of hydrogen-bond donors (Lipinski definition) is 2. The highest BCUT2D eigenvalue weighted by molar-refractivity contribution is 8.13. The van der Waals surface area contributed by atoms with E-state index in [0.29, 0.717) is 17.8 Å². The van der Waals surface area contributed by atoms with E-state index < -0.39 is 0 Å². The third kappa shape index (κ3) is 3.51. The smallest absolute Gasteiger partial charge is 0.282 e. The molecule has 0 aliphatic carbocycles. The summed E-state index contributed by atoms with van der Waals surface area (Å²) in [5, 5.41) is 5.14. The average molecular weight is 293 g/mol. The van der Waals surface area contributed by atoms with Crippen LogP contribution in [0.15, 0.2) is 24.3 Å². The van der Waals surface area contributed by atoms with Crippen LogP contribution in [0.1, 0.15) is 10.4 Å². The highest BCUT2D eigenvalue weighted by Gasteiger charge is 2.23. The van der Waals surface area contributed by atoms with Crippen molar-refractivity contribution in [3.05, 3.63) is 29.8 Å². The first-order chi connectivity index (χ1) is 9.60. The summed E-state index contributed by atoms with van der Waals surface area (Å²) in [6.07, 6.45) is 0. The van der Waals surface area contributed by atoms with Crippen LogP contribution in [-0.2, 0) is 4.79 Å². The molecule has 1 aromatic carbocycles.